The summed E-state index contributed by atoms with van der Waals surface area (Å²) in [6.45, 7) is 4.32. The molecule has 0 N–H and O–H groups in total. The van der Waals surface area contributed by atoms with Gasteiger partial charge < -0.3 is 0 Å². The van der Waals surface area contributed by atoms with E-state index >= 15 is 0 Å². The fourth-order valence-corrected chi connectivity index (χ4v) is 2.79. The van der Waals surface area contributed by atoms with Crippen molar-refractivity contribution >= 4 is 17.5 Å². The van der Waals surface area contributed by atoms with Crippen molar-refractivity contribution in [1.82, 2.24) is 9.78 Å². The van der Waals surface area contributed by atoms with E-state index in [4.69, 9.17) is 0 Å². The normalized spacial score (nSPS) is 11.0. The van der Waals surface area contributed by atoms with Crippen molar-refractivity contribution in [2.75, 3.05) is 6.26 Å². The first kappa shape index (κ1) is 15.8. The number of nitrogens with zero attached hydrogens (tertiary/aromatic N) is 2. The molecule has 0 unspecified atom stereocenters. The van der Waals surface area contributed by atoms with E-state index in [1.807, 2.05) is 47.5 Å². The van der Waals surface area contributed by atoms with E-state index in [2.05, 4.69) is 18.9 Å². The van der Waals surface area contributed by atoms with Crippen LogP contribution in [0.25, 0.3) is 0 Å². The number of benzene rings is 1. The topological polar surface area (TPSA) is 34.9 Å². The lowest BCUT2D eigenvalue weighted by atomic mass is 10.1. The molecule has 21 heavy (non-hydrogen) atoms. The Hall–Kier alpha value is -1.55. The largest absolute Gasteiger partial charge is 0.294 e. The summed E-state index contributed by atoms with van der Waals surface area (Å²) in [7, 11) is 0. The Labute approximate surface area is 130 Å². The van der Waals surface area contributed by atoms with Crippen molar-refractivity contribution in [1.29, 1.82) is 0 Å². The van der Waals surface area contributed by atoms with Gasteiger partial charge in [-0.2, -0.15) is 5.10 Å². The predicted molar refractivity (Wildman–Crippen MR) is 88.1 cm³/mol. The Morgan fingerprint density at radius 1 is 1.19 bits per heavy atom. The summed E-state index contributed by atoms with van der Waals surface area (Å²) in [6, 6.07) is 10.1. The van der Waals surface area contributed by atoms with Crippen LogP contribution in [0.15, 0.2) is 41.4 Å². The summed E-state index contributed by atoms with van der Waals surface area (Å²) in [5.74, 6) is 0.123. The van der Waals surface area contributed by atoms with Gasteiger partial charge in [0, 0.05) is 16.7 Å². The minimum Gasteiger partial charge on any atom is -0.294 e. The van der Waals surface area contributed by atoms with Gasteiger partial charge in [-0.3, -0.25) is 9.48 Å². The second-order valence-corrected chi connectivity index (χ2v) is 5.97. The molecule has 0 atom stereocenters. The number of Topliss-reactive ketones (excluding diaryl/α,β-unsaturated/α-hetero) is 1. The highest BCUT2D eigenvalue weighted by atomic mass is 32.2. The van der Waals surface area contributed by atoms with E-state index in [1.165, 1.54) is 4.90 Å². The monoisotopic (exact) mass is 302 g/mol. The molecule has 4 heteroatoms. The first-order chi connectivity index (χ1) is 10.2. The molecule has 0 aliphatic carbocycles. The zero-order valence-electron chi connectivity index (χ0n) is 12.9. The molecule has 0 aliphatic rings. The number of thioether (sulfide) groups is 1. The van der Waals surface area contributed by atoms with E-state index in [0.717, 1.165) is 24.1 Å². The highest BCUT2D eigenvalue weighted by Gasteiger charge is 2.12. The average molecular weight is 302 g/mol. The highest BCUT2D eigenvalue weighted by Crippen LogP contribution is 2.17. The zero-order chi connectivity index (χ0) is 15.2. The van der Waals surface area contributed by atoms with Crippen molar-refractivity contribution in [2.45, 2.75) is 44.0 Å². The number of ketones is 1. The van der Waals surface area contributed by atoms with Crippen LogP contribution in [0.4, 0.5) is 0 Å². The van der Waals surface area contributed by atoms with Crippen LogP contribution in [-0.2, 0) is 6.42 Å². The minimum atomic E-state index is 0.123. The first-order valence-electron chi connectivity index (χ1n) is 7.39. The summed E-state index contributed by atoms with van der Waals surface area (Å²) in [5.41, 5.74) is 1.60. The third-order valence-corrected chi connectivity index (χ3v) is 4.48. The van der Waals surface area contributed by atoms with Gasteiger partial charge in [-0.05, 0) is 37.3 Å². The smallest absolute Gasteiger partial charge is 0.168 e. The van der Waals surface area contributed by atoms with Gasteiger partial charge in [0.15, 0.2) is 5.78 Å². The van der Waals surface area contributed by atoms with E-state index in [0.29, 0.717) is 12.5 Å². The molecule has 0 radical (unpaired) electrons. The molecule has 0 amide bonds. The van der Waals surface area contributed by atoms with Crippen LogP contribution in [0, 0.1) is 0 Å². The quantitative estimate of drug-likeness (QED) is 0.562. The molecule has 0 fully saturated rings. The number of carbonyl (C=O) groups excluding carboxylic acids is 1. The second kappa shape index (κ2) is 7.46. The zero-order valence-corrected chi connectivity index (χ0v) is 13.7. The summed E-state index contributed by atoms with van der Waals surface area (Å²) >= 11 is 1.68. The van der Waals surface area contributed by atoms with E-state index < -0.39 is 0 Å². The Balaban J connectivity index is 2.05. The maximum atomic E-state index is 12.3. The molecule has 0 saturated carbocycles. The Bertz CT molecular complexity index is 585. The lowest BCUT2D eigenvalue weighted by Crippen LogP contribution is -2.09. The molecule has 0 saturated heterocycles. The van der Waals surface area contributed by atoms with Crippen molar-refractivity contribution in [3.8, 4) is 0 Å². The molecule has 2 rings (SSSR count). The number of hydrogen-bond acceptors (Lipinski definition) is 3. The fraction of sp³-hybridized carbons (Fsp3) is 0.412. The summed E-state index contributed by atoms with van der Waals surface area (Å²) < 4.78 is 1.99. The summed E-state index contributed by atoms with van der Waals surface area (Å²) in [5, 5.41) is 4.54. The number of rotatable bonds is 7. The molecule has 0 aliphatic heterocycles. The molecule has 1 aromatic carbocycles. The SMILES string of the molecule is CCC(CC)n1ccc(CC(=O)c2ccc(SC)cc2)n1. The molecular weight excluding hydrogens is 280 g/mol. The molecule has 1 aromatic heterocycles. The molecule has 3 nitrogen and oxygen atoms in total. The van der Waals surface area contributed by atoms with Crippen molar-refractivity contribution < 1.29 is 4.79 Å². The van der Waals surface area contributed by atoms with Crippen molar-refractivity contribution in [2.24, 2.45) is 0 Å². The van der Waals surface area contributed by atoms with Gasteiger partial charge in [-0.1, -0.05) is 26.0 Å². The van der Waals surface area contributed by atoms with Crippen LogP contribution in [0.5, 0.6) is 0 Å². The standard InChI is InChI=1S/C17H22N2OS/c1-4-15(5-2)19-11-10-14(18-19)12-17(20)13-6-8-16(21-3)9-7-13/h6-11,15H,4-5,12H2,1-3H3. The maximum absolute atomic E-state index is 12.3. The van der Waals surface area contributed by atoms with E-state index in [9.17, 15) is 4.79 Å². The molecule has 0 bridgehead atoms. The molecule has 1 heterocycles. The van der Waals surface area contributed by atoms with Crippen molar-refractivity contribution in [3.05, 3.63) is 47.8 Å². The van der Waals surface area contributed by atoms with E-state index in [-0.39, 0.29) is 5.78 Å². The Morgan fingerprint density at radius 3 is 2.43 bits per heavy atom. The number of carbonyl (C=O) groups is 1. The predicted octanol–water partition coefficient (Wildman–Crippen LogP) is 4.39. The van der Waals surface area contributed by atoms with Crippen LogP contribution in [0.2, 0.25) is 0 Å². The van der Waals surface area contributed by atoms with Gasteiger partial charge in [0.2, 0.25) is 0 Å². The Morgan fingerprint density at radius 2 is 1.86 bits per heavy atom. The molecule has 112 valence electrons. The van der Waals surface area contributed by atoms with Gasteiger partial charge in [-0.25, -0.2) is 0 Å². The van der Waals surface area contributed by atoms with Crippen LogP contribution >= 0.6 is 11.8 Å². The van der Waals surface area contributed by atoms with Gasteiger partial charge in [0.05, 0.1) is 18.2 Å². The second-order valence-electron chi connectivity index (χ2n) is 5.09. The highest BCUT2D eigenvalue weighted by molar-refractivity contribution is 7.98. The van der Waals surface area contributed by atoms with Gasteiger partial charge >= 0.3 is 0 Å². The third-order valence-electron chi connectivity index (χ3n) is 3.73. The van der Waals surface area contributed by atoms with Crippen LogP contribution in [0.1, 0.15) is 48.8 Å². The summed E-state index contributed by atoms with van der Waals surface area (Å²) in [6.07, 6.45) is 6.49. The molecule has 2 aromatic rings. The van der Waals surface area contributed by atoms with Crippen molar-refractivity contribution in [3.63, 3.8) is 0 Å². The van der Waals surface area contributed by atoms with Crippen LogP contribution in [-0.4, -0.2) is 21.8 Å². The van der Waals surface area contributed by atoms with E-state index in [1.54, 1.807) is 11.8 Å². The third kappa shape index (κ3) is 3.97. The number of aromatic nitrogens is 2. The lowest BCUT2D eigenvalue weighted by molar-refractivity contribution is 0.0991. The average Bonchev–Trinajstić information content (AvgIpc) is 2.97. The number of hydrogen-bond donors (Lipinski definition) is 0. The first-order valence-corrected chi connectivity index (χ1v) is 8.61. The minimum absolute atomic E-state index is 0.123. The van der Waals surface area contributed by atoms with Gasteiger partial charge in [-0.15, -0.1) is 11.8 Å². The van der Waals surface area contributed by atoms with Gasteiger partial charge in [0.25, 0.3) is 0 Å². The van der Waals surface area contributed by atoms with Crippen LogP contribution < -0.4 is 0 Å². The van der Waals surface area contributed by atoms with Crippen LogP contribution in [0.3, 0.4) is 0 Å². The van der Waals surface area contributed by atoms with Gasteiger partial charge in [0.1, 0.15) is 0 Å². The maximum Gasteiger partial charge on any atom is 0.168 e. The molecular formula is C17H22N2OS. The fourth-order valence-electron chi connectivity index (χ4n) is 2.38. The lowest BCUT2D eigenvalue weighted by Gasteiger charge is -2.12. The summed E-state index contributed by atoms with van der Waals surface area (Å²) in [4.78, 5) is 13.4. The molecule has 0 spiro atoms. The Kier molecular flexibility index (Phi) is 5.62.